The van der Waals surface area contributed by atoms with E-state index in [1.165, 1.54) is 0 Å². The van der Waals surface area contributed by atoms with Crippen LogP contribution >= 0.6 is 22.7 Å². The normalized spacial score (nSPS) is 10.6. The SMILES string of the molecule is CCOC(=O)c1sc(-c2cccc(-c3nc(O)c(C(=O)OCC)s3)c2)nc1O. The van der Waals surface area contributed by atoms with Crippen LogP contribution in [0.1, 0.15) is 33.2 Å². The van der Waals surface area contributed by atoms with Gasteiger partial charge in [-0.3, -0.25) is 0 Å². The Morgan fingerprint density at radius 3 is 1.71 bits per heavy atom. The maximum atomic E-state index is 11.9. The highest BCUT2D eigenvalue weighted by molar-refractivity contribution is 7.17. The number of aromatic nitrogens is 2. The fourth-order valence-electron chi connectivity index (χ4n) is 2.32. The Hall–Kier alpha value is -2.98. The van der Waals surface area contributed by atoms with Crippen LogP contribution < -0.4 is 0 Å². The number of esters is 2. The Bertz CT molecular complexity index is 950. The lowest BCUT2D eigenvalue weighted by Crippen LogP contribution is -2.02. The van der Waals surface area contributed by atoms with Gasteiger partial charge in [-0.1, -0.05) is 18.2 Å². The van der Waals surface area contributed by atoms with Crippen molar-refractivity contribution in [3.8, 4) is 32.9 Å². The van der Waals surface area contributed by atoms with Crippen LogP contribution in [0.15, 0.2) is 24.3 Å². The first-order chi connectivity index (χ1) is 13.4. The molecule has 0 unspecified atom stereocenters. The molecule has 2 N–H and O–H groups in total. The summed E-state index contributed by atoms with van der Waals surface area (Å²) in [7, 11) is 0. The van der Waals surface area contributed by atoms with Crippen LogP contribution in [-0.2, 0) is 9.47 Å². The first-order valence-electron chi connectivity index (χ1n) is 8.29. The Balaban J connectivity index is 1.94. The smallest absolute Gasteiger partial charge is 0.353 e. The van der Waals surface area contributed by atoms with Gasteiger partial charge in [0.1, 0.15) is 10.0 Å². The lowest BCUT2D eigenvalue weighted by molar-refractivity contribution is 0.0518. The second-order valence-electron chi connectivity index (χ2n) is 5.37. The summed E-state index contributed by atoms with van der Waals surface area (Å²) in [4.78, 5) is 31.8. The summed E-state index contributed by atoms with van der Waals surface area (Å²) in [5.74, 6) is -2.05. The first-order valence-corrected chi connectivity index (χ1v) is 9.92. The number of hydrogen-bond acceptors (Lipinski definition) is 10. The van der Waals surface area contributed by atoms with E-state index >= 15 is 0 Å². The van der Waals surface area contributed by atoms with E-state index in [0.717, 1.165) is 22.7 Å². The molecule has 10 heteroatoms. The molecule has 0 aliphatic rings. The zero-order chi connectivity index (χ0) is 20.3. The third-order valence-corrected chi connectivity index (χ3v) is 5.64. The van der Waals surface area contributed by atoms with Crippen LogP contribution in [0.5, 0.6) is 11.8 Å². The molecule has 0 aliphatic heterocycles. The van der Waals surface area contributed by atoms with Crippen molar-refractivity contribution in [1.29, 1.82) is 0 Å². The van der Waals surface area contributed by atoms with Crippen molar-refractivity contribution in [3.63, 3.8) is 0 Å². The summed E-state index contributed by atoms with van der Waals surface area (Å²) >= 11 is 2.02. The molecule has 0 atom stereocenters. The number of ether oxygens (including phenoxy) is 2. The first kappa shape index (κ1) is 19.8. The molecule has 0 radical (unpaired) electrons. The van der Waals surface area contributed by atoms with Gasteiger partial charge in [0.25, 0.3) is 0 Å². The van der Waals surface area contributed by atoms with Gasteiger partial charge < -0.3 is 19.7 Å². The maximum absolute atomic E-state index is 11.9. The predicted octanol–water partition coefficient (Wildman–Crippen LogP) is 3.70. The second kappa shape index (κ2) is 8.36. The number of carbonyl (C=O) groups excluding carboxylic acids is 2. The van der Waals surface area contributed by atoms with Crippen molar-refractivity contribution in [2.45, 2.75) is 13.8 Å². The average Bonchev–Trinajstić information content (AvgIpc) is 3.25. The minimum Gasteiger partial charge on any atom is -0.492 e. The van der Waals surface area contributed by atoms with Crippen LogP contribution in [0.2, 0.25) is 0 Å². The van der Waals surface area contributed by atoms with E-state index in [-0.39, 0.29) is 34.7 Å². The average molecular weight is 420 g/mol. The molecule has 0 spiro atoms. The molecule has 8 nitrogen and oxygen atoms in total. The van der Waals surface area contributed by atoms with E-state index in [4.69, 9.17) is 9.47 Å². The number of aromatic hydroxyl groups is 2. The Kier molecular flexibility index (Phi) is 5.90. The molecule has 1 aromatic carbocycles. The Morgan fingerprint density at radius 2 is 1.32 bits per heavy atom. The maximum Gasteiger partial charge on any atom is 0.353 e. The molecule has 0 bridgehead atoms. The van der Waals surface area contributed by atoms with Gasteiger partial charge in [-0.25, -0.2) is 19.6 Å². The molecule has 0 saturated carbocycles. The van der Waals surface area contributed by atoms with Gasteiger partial charge in [0.2, 0.25) is 11.8 Å². The molecule has 2 aromatic heterocycles. The fraction of sp³-hybridized carbons (Fsp3) is 0.222. The van der Waals surface area contributed by atoms with Gasteiger partial charge in [0.05, 0.1) is 13.2 Å². The number of thiazole rings is 2. The summed E-state index contributed by atoms with van der Waals surface area (Å²) in [6.07, 6.45) is 0. The van der Waals surface area contributed by atoms with Gasteiger partial charge in [0, 0.05) is 11.1 Å². The minimum atomic E-state index is -0.635. The van der Waals surface area contributed by atoms with Crippen molar-refractivity contribution in [1.82, 2.24) is 9.97 Å². The van der Waals surface area contributed by atoms with Crippen molar-refractivity contribution >= 4 is 34.6 Å². The summed E-state index contributed by atoms with van der Waals surface area (Å²) in [6, 6.07) is 7.00. The molecule has 0 saturated heterocycles. The molecular formula is C18H16N2O6S2. The standard InChI is InChI=1S/C18H16N2O6S2/c1-3-25-17(23)11-13(21)19-15(27-11)9-6-5-7-10(8-9)16-20-14(22)12(28-16)18(24)26-4-2/h5-8,21-22H,3-4H2,1-2H3. The van der Waals surface area contributed by atoms with Gasteiger partial charge in [0.15, 0.2) is 9.75 Å². The highest BCUT2D eigenvalue weighted by Gasteiger charge is 2.22. The van der Waals surface area contributed by atoms with Crippen LogP contribution in [0.3, 0.4) is 0 Å². The second-order valence-corrected chi connectivity index (χ2v) is 7.36. The van der Waals surface area contributed by atoms with Crippen molar-refractivity contribution in [2.24, 2.45) is 0 Å². The van der Waals surface area contributed by atoms with Crippen LogP contribution in [0.4, 0.5) is 0 Å². The van der Waals surface area contributed by atoms with E-state index in [9.17, 15) is 19.8 Å². The van der Waals surface area contributed by atoms with Gasteiger partial charge in [-0.05, 0) is 19.9 Å². The van der Waals surface area contributed by atoms with E-state index in [1.54, 1.807) is 38.1 Å². The predicted molar refractivity (Wildman–Crippen MR) is 104 cm³/mol. The topological polar surface area (TPSA) is 119 Å². The van der Waals surface area contributed by atoms with E-state index in [2.05, 4.69) is 9.97 Å². The molecule has 0 aliphatic carbocycles. The zero-order valence-electron chi connectivity index (χ0n) is 15.0. The molecule has 146 valence electrons. The summed E-state index contributed by atoms with van der Waals surface area (Å²) in [5, 5.41) is 20.7. The molecule has 28 heavy (non-hydrogen) atoms. The molecule has 3 aromatic rings. The van der Waals surface area contributed by atoms with E-state index in [0.29, 0.717) is 21.1 Å². The highest BCUT2D eigenvalue weighted by Crippen LogP contribution is 2.36. The van der Waals surface area contributed by atoms with Crippen LogP contribution in [0, 0.1) is 0 Å². The minimum absolute atomic E-state index is 0.0266. The number of carbonyl (C=O) groups is 2. The van der Waals surface area contributed by atoms with Crippen LogP contribution in [-0.4, -0.2) is 45.3 Å². The Morgan fingerprint density at radius 1 is 0.893 bits per heavy atom. The Labute approximate surface area is 168 Å². The number of benzene rings is 1. The van der Waals surface area contributed by atoms with Crippen molar-refractivity contribution in [2.75, 3.05) is 13.2 Å². The van der Waals surface area contributed by atoms with Crippen molar-refractivity contribution in [3.05, 3.63) is 34.0 Å². The molecule has 0 fully saturated rings. The molecule has 2 heterocycles. The lowest BCUT2D eigenvalue weighted by Gasteiger charge is -2.00. The quantitative estimate of drug-likeness (QED) is 0.580. The summed E-state index contributed by atoms with van der Waals surface area (Å²) in [5.41, 5.74) is 1.28. The van der Waals surface area contributed by atoms with E-state index < -0.39 is 11.9 Å². The number of rotatable bonds is 6. The molecular weight excluding hydrogens is 404 g/mol. The van der Waals surface area contributed by atoms with Crippen molar-refractivity contribution < 1.29 is 29.3 Å². The molecule has 0 amide bonds. The van der Waals surface area contributed by atoms with Gasteiger partial charge in [-0.2, -0.15) is 0 Å². The largest absolute Gasteiger partial charge is 0.492 e. The zero-order valence-corrected chi connectivity index (χ0v) is 16.6. The molecule has 3 rings (SSSR count). The third-order valence-electron chi connectivity index (χ3n) is 3.50. The highest BCUT2D eigenvalue weighted by atomic mass is 32.1. The number of nitrogens with zero attached hydrogens (tertiary/aromatic N) is 2. The van der Waals surface area contributed by atoms with E-state index in [1.807, 2.05) is 0 Å². The fourth-order valence-corrected chi connectivity index (χ4v) is 4.01. The monoisotopic (exact) mass is 420 g/mol. The van der Waals surface area contributed by atoms with Gasteiger partial charge >= 0.3 is 11.9 Å². The third kappa shape index (κ3) is 3.97. The van der Waals surface area contributed by atoms with Crippen LogP contribution in [0.25, 0.3) is 21.1 Å². The lowest BCUT2D eigenvalue weighted by atomic mass is 10.1. The summed E-state index contributed by atoms with van der Waals surface area (Å²) < 4.78 is 9.80. The van der Waals surface area contributed by atoms with Gasteiger partial charge in [-0.15, -0.1) is 22.7 Å². The number of hydrogen-bond donors (Lipinski definition) is 2. The summed E-state index contributed by atoms with van der Waals surface area (Å²) in [6.45, 7) is 3.73.